The fourth-order valence-corrected chi connectivity index (χ4v) is 0.981. The molecule has 0 saturated heterocycles. The number of hydrogen-bond donors (Lipinski definition) is 2. The zero-order valence-corrected chi connectivity index (χ0v) is 7.30. The Morgan fingerprint density at radius 3 is 2.92 bits per heavy atom. The molecule has 0 atom stereocenters. The molecule has 13 heavy (non-hydrogen) atoms. The lowest BCUT2D eigenvalue weighted by molar-refractivity contribution is -0.116. The van der Waals surface area contributed by atoms with E-state index in [1.165, 1.54) is 6.07 Å². The van der Waals surface area contributed by atoms with Gasteiger partial charge in [-0.2, -0.15) is 0 Å². The largest absolute Gasteiger partial charge is 0.376 e. The molecular weight excluding hydrogens is 171 g/mol. The lowest BCUT2D eigenvalue weighted by atomic mass is 10.2. The van der Waals surface area contributed by atoms with E-state index in [4.69, 9.17) is 5.73 Å². The Bertz CT molecular complexity index is 325. The lowest BCUT2D eigenvalue weighted by Gasteiger charge is -2.07. The molecule has 1 amide bonds. The Morgan fingerprint density at radius 1 is 1.62 bits per heavy atom. The molecule has 0 unspecified atom stereocenters. The van der Waals surface area contributed by atoms with Gasteiger partial charge in [-0.25, -0.2) is 4.39 Å². The highest BCUT2D eigenvalue weighted by atomic mass is 19.1. The zero-order valence-electron chi connectivity index (χ0n) is 7.30. The Hall–Kier alpha value is -1.58. The van der Waals surface area contributed by atoms with E-state index < -0.39 is 5.91 Å². The van der Waals surface area contributed by atoms with Crippen molar-refractivity contribution in [3.63, 3.8) is 0 Å². The van der Waals surface area contributed by atoms with Crippen molar-refractivity contribution in [3.05, 3.63) is 29.6 Å². The SMILES string of the molecule is Cc1c(F)cccc1NCC(N)=O. The van der Waals surface area contributed by atoms with E-state index in [0.717, 1.165) is 0 Å². The van der Waals surface area contributed by atoms with Crippen LogP contribution >= 0.6 is 0 Å². The van der Waals surface area contributed by atoms with E-state index in [1.807, 2.05) is 0 Å². The first kappa shape index (κ1) is 9.51. The number of carbonyl (C=O) groups is 1. The predicted molar refractivity (Wildman–Crippen MR) is 48.8 cm³/mol. The zero-order chi connectivity index (χ0) is 9.84. The minimum absolute atomic E-state index is 0.0181. The highest BCUT2D eigenvalue weighted by molar-refractivity contribution is 5.79. The molecule has 0 aliphatic heterocycles. The van der Waals surface area contributed by atoms with Crippen molar-refractivity contribution in [2.24, 2.45) is 5.73 Å². The third kappa shape index (κ3) is 2.43. The van der Waals surface area contributed by atoms with E-state index in [0.29, 0.717) is 11.3 Å². The Labute approximate surface area is 75.7 Å². The van der Waals surface area contributed by atoms with Gasteiger partial charge in [-0.1, -0.05) is 6.07 Å². The van der Waals surface area contributed by atoms with E-state index in [9.17, 15) is 9.18 Å². The van der Waals surface area contributed by atoms with Gasteiger partial charge in [0.1, 0.15) is 5.82 Å². The van der Waals surface area contributed by atoms with Crippen LogP contribution in [0, 0.1) is 12.7 Å². The van der Waals surface area contributed by atoms with Gasteiger partial charge < -0.3 is 11.1 Å². The minimum atomic E-state index is -0.469. The van der Waals surface area contributed by atoms with Crippen molar-refractivity contribution in [3.8, 4) is 0 Å². The van der Waals surface area contributed by atoms with Gasteiger partial charge in [0.15, 0.2) is 0 Å². The molecule has 1 aromatic rings. The quantitative estimate of drug-likeness (QED) is 0.733. The van der Waals surface area contributed by atoms with Crippen molar-refractivity contribution >= 4 is 11.6 Å². The van der Waals surface area contributed by atoms with Gasteiger partial charge >= 0.3 is 0 Å². The molecule has 0 radical (unpaired) electrons. The van der Waals surface area contributed by atoms with E-state index in [2.05, 4.69) is 5.32 Å². The van der Waals surface area contributed by atoms with Crippen molar-refractivity contribution in [1.82, 2.24) is 0 Å². The van der Waals surface area contributed by atoms with Crippen molar-refractivity contribution in [2.75, 3.05) is 11.9 Å². The lowest BCUT2D eigenvalue weighted by Crippen LogP contribution is -2.22. The van der Waals surface area contributed by atoms with Crippen LogP contribution in [0.5, 0.6) is 0 Å². The molecule has 0 aliphatic rings. The summed E-state index contributed by atoms with van der Waals surface area (Å²) < 4.78 is 12.9. The fourth-order valence-electron chi connectivity index (χ4n) is 0.981. The smallest absolute Gasteiger partial charge is 0.236 e. The van der Waals surface area contributed by atoms with Crippen LogP contribution in [-0.4, -0.2) is 12.5 Å². The number of carbonyl (C=O) groups excluding carboxylic acids is 1. The normalized spacial score (nSPS) is 9.69. The third-order valence-electron chi connectivity index (χ3n) is 1.72. The molecule has 0 saturated carbocycles. The topological polar surface area (TPSA) is 55.1 Å². The third-order valence-corrected chi connectivity index (χ3v) is 1.72. The molecule has 3 nitrogen and oxygen atoms in total. The number of rotatable bonds is 3. The first-order valence-electron chi connectivity index (χ1n) is 3.88. The van der Waals surface area contributed by atoms with Crippen molar-refractivity contribution in [2.45, 2.75) is 6.92 Å². The van der Waals surface area contributed by atoms with Gasteiger partial charge in [-0.05, 0) is 19.1 Å². The standard InChI is InChI=1S/C9H11FN2O/c1-6-7(10)3-2-4-8(6)12-5-9(11)13/h2-4,12H,5H2,1H3,(H2,11,13). The fraction of sp³-hybridized carbons (Fsp3) is 0.222. The number of nitrogens with two attached hydrogens (primary N) is 1. The Morgan fingerprint density at radius 2 is 2.31 bits per heavy atom. The maximum absolute atomic E-state index is 12.9. The maximum atomic E-state index is 12.9. The summed E-state index contributed by atoms with van der Waals surface area (Å²) >= 11 is 0. The van der Waals surface area contributed by atoms with Crippen LogP contribution in [0.1, 0.15) is 5.56 Å². The van der Waals surface area contributed by atoms with Crippen LogP contribution in [0.15, 0.2) is 18.2 Å². The average Bonchev–Trinajstić information content (AvgIpc) is 2.07. The Balaban J connectivity index is 2.77. The molecule has 70 valence electrons. The molecular formula is C9H11FN2O. The van der Waals surface area contributed by atoms with Crippen LogP contribution in [0.3, 0.4) is 0 Å². The highest BCUT2D eigenvalue weighted by Gasteiger charge is 2.02. The van der Waals surface area contributed by atoms with Crippen LogP contribution in [0.25, 0.3) is 0 Å². The van der Waals surface area contributed by atoms with Gasteiger partial charge in [0.2, 0.25) is 5.91 Å². The number of anilines is 1. The molecule has 1 aromatic carbocycles. The molecule has 0 spiro atoms. The second kappa shape index (κ2) is 3.89. The molecule has 0 aromatic heterocycles. The number of halogens is 1. The van der Waals surface area contributed by atoms with E-state index in [-0.39, 0.29) is 12.4 Å². The Kier molecular flexibility index (Phi) is 2.84. The summed E-state index contributed by atoms with van der Waals surface area (Å²) in [5, 5.41) is 2.74. The van der Waals surface area contributed by atoms with Crippen molar-refractivity contribution in [1.29, 1.82) is 0 Å². The van der Waals surface area contributed by atoms with Gasteiger partial charge in [0.25, 0.3) is 0 Å². The summed E-state index contributed by atoms with van der Waals surface area (Å²) in [5.41, 5.74) is 6.02. The van der Waals surface area contributed by atoms with Crippen molar-refractivity contribution < 1.29 is 9.18 Å². The molecule has 0 aliphatic carbocycles. The molecule has 0 fully saturated rings. The van der Waals surface area contributed by atoms with Gasteiger partial charge in [-0.15, -0.1) is 0 Å². The van der Waals surface area contributed by atoms with Crippen LogP contribution in [-0.2, 0) is 4.79 Å². The minimum Gasteiger partial charge on any atom is -0.376 e. The number of amides is 1. The molecule has 1 rings (SSSR count). The highest BCUT2D eigenvalue weighted by Crippen LogP contribution is 2.16. The van der Waals surface area contributed by atoms with E-state index >= 15 is 0 Å². The number of nitrogens with one attached hydrogen (secondary N) is 1. The summed E-state index contributed by atoms with van der Waals surface area (Å²) in [6.07, 6.45) is 0. The van der Waals surface area contributed by atoms with Gasteiger partial charge in [0.05, 0.1) is 6.54 Å². The summed E-state index contributed by atoms with van der Waals surface area (Å²) in [7, 11) is 0. The van der Waals surface area contributed by atoms with Crippen LogP contribution in [0.2, 0.25) is 0 Å². The maximum Gasteiger partial charge on any atom is 0.236 e. The second-order valence-corrected chi connectivity index (χ2v) is 2.73. The number of benzene rings is 1. The second-order valence-electron chi connectivity index (χ2n) is 2.73. The first-order chi connectivity index (χ1) is 6.11. The summed E-state index contributed by atoms with van der Waals surface area (Å²) in [5.74, 6) is -0.766. The molecule has 3 N–H and O–H groups in total. The number of primary amides is 1. The molecule has 0 heterocycles. The van der Waals surface area contributed by atoms with E-state index in [1.54, 1.807) is 19.1 Å². The predicted octanol–water partition coefficient (Wildman–Crippen LogP) is 1.03. The molecule has 0 bridgehead atoms. The summed E-state index contributed by atoms with van der Waals surface area (Å²) in [4.78, 5) is 10.4. The first-order valence-corrected chi connectivity index (χ1v) is 3.88. The van der Waals surface area contributed by atoms with Gasteiger partial charge in [0, 0.05) is 11.3 Å². The van der Waals surface area contributed by atoms with Crippen LogP contribution in [0.4, 0.5) is 10.1 Å². The summed E-state index contributed by atoms with van der Waals surface area (Å²) in [6, 6.07) is 4.64. The molecule has 4 heteroatoms. The van der Waals surface area contributed by atoms with Crippen LogP contribution < -0.4 is 11.1 Å². The average molecular weight is 182 g/mol. The summed E-state index contributed by atoms with van der Waals surface area (Å²) in [6.45, 7) is 1.66. The number of hydrogen-bond acceptors (Lipinski definition) is 2. The monoisotopic (exact) mass is 182 g/mol. The van der Waals surface area contributed by atoms with Gasteiger partial charge in [-0.3, -0.25) is 4.79 Å².